The van der Waals surface area contributed by atoms with Gasteiger partial charge in [-0.3, -0.25) is 4.79 Å². The number of methoxy groups -OCH3 is 1. The zero-order chi connectivity index (χ0) is 24.0. The number of ether oxygens (including phenoxy) is 2. The first-order valence-electron chi connectivity index (χ1n) is 9.76. The molecule has 1 amide bonds. The van der Waals surface area contributed by atoms with Crippen molar-refractivity contribution in [2.24, 2.45) is 0 Å². The van der Waals surface area contributed by atoms with Gasteiger partial charge in [0.05, 0.1) is 12.1 Å². The fourth-order valence-corrected chi connectivity index (χ4v) is 3.42. The van der Waals surface area contributed by atoms with Crippen LogP contribution in [0.3, 0.4) is 0 Å². The van der Waals surface area contributed by atoms with Gasteiger partial charge >= 0.3 is 0 Å². The van der Waals surface area contributed by atoms with Crippen LogP contribution in [0, 0.1) is 24.1 Å². The van der Waals surface area contributed by atoms with Crippen molar-refractivity contribution in [1.29, 1.82) is 5.26 Å². The Bertz CT molecular complexity index is 1270. The fourth-order valence-electron chi connectivity index (χ4n) is 2.98. The van der Waals surface area contributed by atoms with E-state index < -0.39 is 11.7 Å². The first-order valence-corrected chi connectivity index (χ1v) is 10.5. The van der Waals surface area contributed by atoms with Gasteiger partial charge in [-0.1, -0.05) is 47.5 Å². The van der Waals surface area contributed by atoms with Crippen LogP contribution in [0.2, 0.25) is 10.0 Å². The number of carbonyl (C=O) groups excluding carboxylic acids is 1. The maximum atomic E-state index is 13.9. The van der Waals surface area contributed by atoms with Crippen LogP contribution in [0.5, 0.6) is 11.5 Å². The first kappa shape index (κ1) is 24.1. The Morgan fingerprint density at radius 2 is 1.91 bits per heavy atom. The Morgan fingerprint density at radius 1 is 1.15 bits per heavy atom. The standard InChI is InChI=1S/C25H19Cl2FN2O3/c1-15-19(26)7-5-9-22(15)30-25(31)18(13-29)10-16-11-20(27)24(23(12-16)32-2)33-14-17-6-3-4-8-21(17)28/h3-12H,14H2,1-2H3,(H,30,31)/b18-10-. The Morgan fingerprint density at radius 3 is 2.61 bits per heavy atom. The minimum Gasteiger partial charge on any atom is -0.493 e. The molecule has 0 aromatic heterocycles. The molecule has 168 valence electrons. The van der Waals surface area contributed by atoms with Gasteiger partial charge in [-0.2, -0.15) is 5.26 Å². The van der Waals surface area contributed by atoms with Crippen molar-refractivity contribution in [3.63, 3.8) is 0 Å². The minimum atomic E-state index is -0.599. The highest BCUT2D eigenvalue weighted by Gasteiger charge is 2.16. The van der Waals surface area contributed by atoms with Crippen molar-refractivity contribution >= 4 is 40.9 Å². The molecule has 0 heterocycles. The molecule has 0 atom stereocenters. The van der Waals surface area contributed by atoms with Crippen molar-refractivity contribution in [2.75, 3.05) is 12.4 Å². The minimum absolute atomic E-state index is 0.0528. The smallest absolute Gasteiger partial charge is 0.266 e. The maximum Gasteiger partial charge on any atom is 0.266 e. The second-order valence-electron chi connectivity index (χ2n) is 6.95. The van der Waals surface area contributed by atoms with Crippen LogP contribution in [0.25, 0.3) is 6.08 Å². The molecule has 0 spiro atoms. The van der Waals surface area contributed by atoms with E-state index in [0.717, 1.165) is 0 Å². The third-order valence-electron chi connectivity index (χ3n) is 4.77. The fraction of sp³-hybridized carbons (Fsp3) is 0.120. The van der Waals surface area contributed by atoms with Gasteiger partial charge < -0.3 is 14.8 Å². The number of nitrogens with one attached hydrogen (secondary N) is 1. The number of benzene rings is 3. The van der Waals surface area contributed by atoms with E-state index in [4.69, 9.17) is 32.7 Å². The van der Waals surface area contributed by atoms with E-state index in [1.165, 1.54) is 25.3 Å². The average molecular weight is 485 g/mol. The van der Waals surface area contributed by atoms with Gasteiger partial charge in [0.1, 0.15) is 24.1 Å². The van der Waals surface area contributed by atoms with E-state index in [1.807, 2.05) is 6.07 Å². The van der Waals surface area contributed by atoms with Crippen molar-refractivity contribution < 1.29 is 18.7 Å². The van der Waals surface area contributed by atoms with Crippen LogP contribution in [-0.2, 0) is 11.4 Å². The summed E-state index contributed by atoms with van der Waals surface area (Å²) >= 11 is 12.5. The van der Waals surface area contributed by atoms with Gasteiger partial charge in [0, 0.05) is 16.3 Å². The summed E-state index contributed by atoms with van der Waals surface area (Å²) in [6.45, 7) is 1.71. The lowest BCUT2D eigenvalue weighted by atomic mass is 10.1. The summed E-state index contributed by atoms with van der Waals surface area (Å²) in [5.74, 6) is -0.504. The molecule has 5 nitrogen and oxygen atoms in total. The highest BCUT2D eigenvalue weighted by atomic mass is 35.5. The highest BCUT2D eigenvalue weighted by Crippen LogP contribution is 2.37. The molecule has 3 rings (SSSR count). The summed E-state index contributed by atoms with van der Waals surface area (Å²) in [4.78, 5) is 12.6. The molecule has 3 aromatic carbocycles. The molecule has 0 unspecified atom stereocenters. The normalized spacial score (nSPS) is 11.0. The molecule has 0 saturated carbocycles. The molecule has 0 aliphatic rings. The van der Waals surface area contributed by atoms with Gasteiger partial charge in [-0.25, -0.2) is 4.39 Å². The molecule has 1 N–H and O–H groups in total. The molecular weight excluding hydrogens is 466 g/mol. The average Bonchev–Trinajstić information content (AvgIpc) is 2.80. The second kappa shape index (κ2) is 10.9. The summed E-state index contributed by atoms with van der Waals surface area (Å²) < 4.78 is 24.9. The highest BCUT2D eigenvalue weighted by molar-refractivity contribution is 6.32. The summed E-state index contributed by atoms with van der Waals surface area (Å²) in [5, 5.41) is 12.9. The van der Waals surface area contributed by atoms with E-state index in [-0.39, 0.29) is 28.7 Å². The summed E-state index contributed by atoms with van der Waals surface area (Å²) in [6, 6.07) is 16.3. The topological polar surface area (TPSA) is 71.3 Å². The SMILES string of the molecule is COc1cc(/C=C(/C#N)C(=O)Nc2cccc(Cl)c2C)cc(Cl)c1OCc1ccccc1F. The van der Waals surface area contributed by atoms with E-state index in [9.17, 15) is 14.4 Å². The number of halogens is 3. The van der Waals surface area contributed by atoms with Crippen LogP contribution in [0.4, 0.5) is 10.1 Å². The quantitative estimate of drug-likeness (QED) is 0.303. The van der Waals surface area contributed by atoms with Crippen molar-refractivity contribution in [3.05, 3.63) is 92.7 Å². The van der Waals surface area contributed by atoms with E-state index in [1.54, 1.807) is 49.4 Å². The number of hydrogen-bond acceptors (Lipinski definition) is 4. The van der Waals surface area contributed by atoms with Crippen LogP contribution in [0.1, 0.15) is 16.7 Å². The number of amides is 1. The zero-order valence-corrected chi connectivity index (χ0v) is 19.3. The van der Waals surface area contributed by atoms with Gasteiger partial charge in [-0.05, 0) is 54.5 Å². The number of nitriles is 1. The third kappa shape index (κ3) is 5.83. The number of nitrogens with zero attached hydrogens (tertiary/aromatic N) is 1. The Hall–Kier alpha value is -3.53. The first-order chi connectivity index (χ1) is 15.8. The third-order valence-corrected chi connectivity index (χ3v) is 5.46. The van der Waals surface area contributed by atoms with Crippen molar-refractivity contribution in [2.45, 2.75) is 13.5 Å². The number of rotatable bonds is 7. The molecule has 0 saturated heterocycles. The molecule has 33 heavy (non-hydrogen) atoms. The number of anilines is 1. The van der Waals surface area contributed by atoms with Gasteiger partial charge in [0.15, 0.2) is 11.5 Å². The van der Waals surface area contributed by atoms with Crippen LogP contribution in [0.15, 0.2) is 60.2 Å². The largest absolute Gasteiger partial charge is 0.493 e. The zero-order valence-electron chi connectivity index (χ0n) is 17.8. The monoisotopic (exact) mass is 484 g/mol. The second-order valence-corrected chi connectivity index (χ2v) is 7.76. The maximum absolute atomic E-state index is 13.9. The van der Waals surface area contributed by atoms with Crippen molar-refractivity contribution in [3.8, 4) is 17.6 Å². The molecular formula is C25H19Cl2FN2O3. The van der Waals surface area contributed by atoms with Gasteiger partial charge in [-0.15, -0.1) is 0 Å². The predicted molar refractivity (Wildman–Crippen MR) is 127 cm³/mol. The Labute approximate surface area is 201 Å². The number of carbonyl (C=O) groups is 1. The van der Waals surface area contributed by atoms with Gasteiger partial charge in [0.25, 0.3) is 5.91 Å². The Kier molecular flexibility index (Phi) is 7.94. The van der Waals surface area contributed by atoms with Crippen LogP contribution >= 0.6 is 23.2 Å². The summed E-state index contributed by atoms with van der Waals surface area (Å²) in [5.41, 5.74) is 1.85. The molecule has 0 radical (unpaired) electrons. The van der Waals surface area contributed by atoms with E-state index in [0.29, 0.717) is 27.4 Å². The van der Waals surface area contributed by atoms with Gasteiger partial charge in [0.2, 0.25) is 0 Å². The van der Waals surface area contributed by atoms with Crippen LogP contribution in [-0.4, -0.2) is 13.0 Å². The lowest BCUT2D eigenvalue weighted by Crippen LogP contribution is -2.14. The Balaban J connectivity index is 1.85. The summed E-state index contributed by atoms with van der Waals surface area (Å²) in [6.07, 6.45) is 1.38. The predicted octanol–water partition coefficient (Wildman–Crippen LogP) is 6.57. The molecule has 0 aliphatic heterocycles. The molecule has 0 aliphatic carbocycles. The molecule has 0 bridgehead atoms. The number of hydrogen-bond donors (Lipinski definition) is 1. The summed E-state index contributed by atoms with van der Waals surface area (Å²) in [7, 11) is 1.43. The van der Waals surface area contributed by atoms with Crippen LogP contribution < -0.4 is 14.8 Å². The molecule has 8 heteroatoms. The lowest BCUT2D eigenvalue weighted by molar-refractivity contribution is -0.112. The van der Waals surface area contributed by atoms with E-state index >= 15 is 0 Å². The van der Waals surface area contributed by atoms with Crippen molar-refractivity contribution in [1.82, 2.24) is 0 Å². The van der Waals surface area contributed by atoms with E-state index in [2.05, 4.69) is 5.32 Å². The molecule has 0 fully saturated rings. The molecule has 3 aromatic rings. The lowest BCUT2D eigenvalue weighted by Gasteiger charge is -2.14.